The Labute approximate surface area is 54.8 Å². The van der Waals surface area contributed by atoms with Gasteiger partial charge >= 0.3 is 0 Å². The van der Waals surface area contributed by atoms with Crippen LogP contribution in [0.15, 0.2) is 10.7 Å². The highest BCUT2D eigenvalue weighted by atomic mass is 79.9. The molecule has 0 aliphatic heterocycles. The summed E-state index contributed by atoms with van der Waals surface area (Å²) in [6.07, 6.45) is 0. The van der Waals surface area contributed by atoms with Crippen molar-refractivity contribution in [2.45, 2.75) is 19.6 Å². The molecule has 0 heterocycles. The molecule has 0 radical (unpaired) electrons. The maximum atomic E-state index is 3.24. The van der Waals surface area contributed by atoms with E-state index in [0.717, 1.165) is 0 Å². The van der Waals surface area contributed by atoms with Crippen LogP contribution < -0.4 is 0 Å². The third-order valence-corrected chi connectivity index (χ3v) is 2.48. The zero-order valence-corrected chi connectivity index (χ0v) is 7.62. The maximum Gasteiger partial charge on any atom is 0.0693 e. The van der Waals surface area contributed by atoms with E-state index >= 15 is 0 Å². The van der Waals surface area contributed by atoms with Gasteiger partial charge in [-0.05, 0) is 4.99 Å². The molecular weight excluding hydrogens is 168 g/mol. The van der Waals surface area contributed by atoms with Gasteiger partial charge in [0.2, 0.25) is 0 Å². The second-order valence-corrected chi connectivity index (χ2v) is 8.25. The van der Waals surface area contributed by atoms with Crippen molar-refractivity contribution < 1.29 is 0 Å². The molecule has 0 aromatic heterocycles. The van der Waals surface area contributed by atoms with Gasteiger partial charge in [-0.25, -0.2) is 0 Å². The second-order valence-electron chi connectivity index (χ2n) is 2.66. The Balaban J connectivity index is 3.56. The SMILES string of the molecule is C[Si](C)(C)/C=C/Br. The minimum atomic E-state index is -0.885. The molecule has 0 rings (SSSR count). The summed E-state index contributed by atoms with van der Waals surface area (Å²) in [7, 11) is -0.885. The molecular formula is C5H11BrSi. The van der Waals surface area contributed by atoms with E-state index < -0.39 is 8.07 Å². The predicted molar refractivity (Wildman–Crippen MR) is 41.4 cm³/mol. The van der Waals surface area contributed by atoms with E-state index in [2.05, 4.69) is 41.3 Å². The first-order valence-corrected chi connectivity index (χ1v) is 6.83. The molecule has 0 N–H and O–H groups in total. The lowest BCUT2D eigenvalue weighted by Gasteiger charge is -2.05. The van der Waals surface area contributed by atoms with Crippen molar-refractivity contribution in [3.8, 4) is 0 Å². The van der Waals surface area contributed by atoms with E-state index in [1.165, 1.54) is 0 Å². The number of hydrogen-bond acceptors (Lipinski definition) is 0. The van der Waals surface area contributed by atoms with Crippen molar-refractivity contribution in [2.75, 3.05) is 0 Å². The van der Waals surface area contributed by atoms with Gasteiger partial charge in [-0.1, -0.05) is 41.3 Å². The highest BCUT2D eigenvalue weighted by Crippen LogP contribution is 2.02. The van der Waals surface area contributed by atoms with Gasteiger partial charge in [-0.3, -0.25) is 0 Å². The van der Waals surface area contributed by atoms with Crippen LogP contribution in [0.2, 0.25) is 19.6 Å². The minimum Gasteiger partial charge on any atom is -0.0882 e. The van der Waals surface area contributed by atoms with Crippen LogP contribution >= 0.6 is 15.9 Å². The van der Waals surface area contributed by atoms with Gasteiger partial charge in [-0.2, -0.15) is 0 Å². The van der Waals surface area contributed by atoms with Crippen LogP contribution in [0, 0.1) is 0 Å². The normalized spacial score (nSPS) is 13.1. The molecule has 0 aromatic carbocycles. The number of halogens is 1. The molecule has 0 aromatic rings. The van der Waals surface area contributed by atoms with Crippen LogP contribution in [0.1, 0.15) is 0 Å². The van der Waals surface area contributed by atoms with E-state index in [1.807, 2.05) is 4.99 Å². The average Bonchev–Trinajstić information content (AvgIpc) is 1.30. The smallest absolute Gasteiger partial charge is 0.0693 e. The molecule has 0 aliphatic carbocycles. The van der Waals surface area contributed by atoms with E-state index in [1.54, 1.807) is 0 Å². The molecule has 0 atom stereocenters. The minimum absolute atomic E-state index is 0.885. The Morgan fingerprint density at radius 2 is 1.71 bits per heavy atom. The molecule has 0 saturated heterocycles. The Bertz CT molecular complexity index is 70.6. The Kier molecular flexibility index (Phi) is 2.84. The second kappa shape index (κ2) is 2.67. The highest BCUT2D eigenvalue weighted by Gasteiger charge is 2.04. The van der Waals surface area contributed by atoms with Gasteiger partial charge in [0.15, 0.2) is 0 Å². The molecule has 42 valence electrons. The summed E-state index contributed by atoms with van der Waals surface area (Å²) in [5.74, 6) is 0. The summed E-state index contributed by atoms with van der Waals surface area (Å²) in [5.41, 5.74) is 2.24. The lowest BCUT2D eigenvalue weighted by atomic mass is 11.3. The highest BCUT2D eigenvalue weighted by molar-refractivity contribution is 9.11. The Hall–Kier alpha value is 0.437. The summed E-state index contributed by atoms with van der Waals surface area (Å²) >= 11 is 3.24. The van der Waals surface area contributed by atoms with Crippen molar-refractivity contribution in [3.63, 3.8) is 0 Å². The van der Waals surface area contributed by atoms with Crippen molar-refractivity contribution in [2.24, 2.45) is 0 Å². The lowest BCUT2D eigenvalue weighted by Crippen LogP contribution is -2.14. The van der Waals surface area contributed by atoms with Gasteiger partial charge < -0.3 is 0 Å². The monoisotopic (exact) mass is 178 g/mol. The first-order chi connectivity index (χ1) is 3.06. The summed E-state index contributed by atoms with van der Waals surface area (Å²) < 4.78 is 0. The fourth-order valence-corrected chi connectivity index (χ4v) is 2.95. The molecule has 0 amide bonds. The van der Waals surface area contributed by atoms with Crippen molar-refractivity contribution in [3.05, 3.63) is 10.7 Å². The fourth-order valence-electron chi connectivity index (χ4n) is 0.189. The molecule has 0 saturated carbocycles. The quantitative estimate of drug-likeness (QED) is 0.543. The van der Waals surface area contributed by atoms with E-state index in [-0.39, 0.29) is 0 Å². The Morgan fingerprint density at radius 1 is 1.29 bits per heavy atom. The first-order valence-electron chi connectivity index (χ1n) is 2.34. The van der Waals surface area contributed by atoms with Crippen LogP contribution in [0.5, 0.6) is 0 Å². The number of rotatable bonds is 1. The molecule has 2 heteroatoms. The van der Waals surface area contributed by atoms with E-state index in [0.29, 0.717) is 0 Å². The largest absolute Gasteiger partial charge is 0.0882 e. The van der Waals surface area contributed by atoms with Gasteiger partial charge in [0.25, 0.3) is 0 Å². The van der Waals surface area contributed by atoms with Crippen LogP contribution in [-0.2, 0) is 0 Å². The van der Waals surface area contributed by atoms with Crippen molar-refractivity contribution in [1.82, 2.24) is 0 Å². The molecule has 0 fully saturated rings. The molecule has 7 heavy (non-hydrogen) atoms. The molecule has 0 bridgehead atoms. The van der Waals surface area contributed by atoms with Crippen LogP contribution in [0.25, 0.3) is 0 Å². The third kappa shape index (κ3) is 6.44. The zero-order valence-electron chi connectivity index (χ0n) is 5.03. The first kappa shape index (κ1) is 7.44. The van der Waals surface area contributed by atoms with Gasteiger partial charge in [0.1, 0.15) is 0 Å². The molecule has 0 aliphatic rings. The maximum absolute atomic E-state index is 3.24. The van der Waals surface area contributed by atoms with Crippen LogP contribution in [0.3, 0.4) is 0 Å². The summed E-state index contributed by atoms with van der Waals surface area (Å²) in [6, 6.07) is 0. The molecule has 0 nitrogen and oxygen atoms in total. The fraction of sp³-hybridized carbons (Fsp3) is 0.600. The standard InChI is InChI=1S/C5H11BrSi/c1-7(2,3)5-4-6/h4-5H,1-3H3/b5-4+. The zero-order chi connectivity index (χ0) is 5.91. The Morgan fingerprint density at radius 3 is 1.71 bits per heavy atom. The average molecular weight is 179 g/mol. The number of hydrogen-bond donors (Lipinski definition) is 0. The predicted octanol–water partition coefficient (Wildman–Crippen LogP) is 2.77. The van der Waals surface area contributed by atoms with Gasteiger partial charge in [0.05, 0.1) is 8.07 Å². The summed E-state index contributed by atoms with van der Waals surface area (Å²) in [6.45, 7) is 6.89. The molecule has 0 spiro atoms. The van der Waals surface area contributed by atoms with Gasteiger partial charge in [-0.15, -0.1) is 0 Å². The van der Waals surface area contributed by atoms with E-state index in [9.17, 15) is 0 Å². The summed E-state index contributed by atoms with van der Waals surface area (Å²) in [4.78, 5) is 1.96. The topological polar surface area (TPSA) is 0 Å². The third-order valence-electron chi connectivity index (χ3n) is 0.563. The van der Waals surface area contributed by atoms with Crippen LogP contribution in [0.4, 0.5) is 0 Å². The summed E-state index contributed by atoms with van der Waals surface area (Å²) in [5, 5.41) is 0. The van der Waals surface area contributed by atoms with Gasteiger partial charge in [0, 0.05) is 0 Å². The molecule has 0 unspecified atom stereocenters. The van der Waals surface area contributed by atoms with Crippen LogP contribution in [-0.4, -0.2) is 8.07 Å². The van der Waals surface area contributed by atoms with Crippen molar-refractivity contribution in [1.29, 1.82) is 0 Å². The van der Waals surface area contributed by atoms with E-state index in [4.69, 9.17) is 0 Å². The lowest BCUT2D eigenvalue weighted by molar-refractivity contribution is 1.78. The van der Waals surface area contributed by atoms with Crippen molar-refractivity contribution >= 4 is 24.0 Å².